The first-order valence-electron chi connectivity index (χ1n) is 20.4. The molecular formula is C43H74NO8P. The van der Waals surface area contributed by atoms with Crippen LogP contribution in [-0.4, -0.2) is 54.3 Å². The Morgan fingerprint density at radius 1 is 0.585 bits per heavy atom. The van der Waals surface area contributed by atoms with Gasteiger partial charge in [0.05, 0.1) is 13.2 Å². The molecule has 2 atom stereocenters. The lowest BCUT2D eigenvalue weighted by molar-refractivity contribution is -0.147. The summed E-state index contributed by atoms with van der Waals surface area (Å²) in [4.78, 5) is 33.8. The number of amides is 1. The molecule has 10 heteroatoms. The molecule has 0 fully saturated rings. The monoisotopic (exact) mass is 764 g/mol. The fraction of sp³-hybridized carbons (Fsp3) is 0.674. The van der Waals surface area contributed by atoms with E-state index in [1.807, 2.05) is 0 Å². The van der Waals surface area contributed by atoms with Crippen molar-refractivity contribution < 1.29 is 37.9 Å². The molecule has 3 N–H and O–H groups in total. The average Bonchev–Trinajstić information content (AvgIpc) is 3.14. The third-order valence-corrected chi connectivity index (χ3v) is 9.12. The molecule has 0 aromatic carbocycles. The Labute approximate surface area is 322 Å². The highest BCUT2D eigenvalue weighted by Gasteiger charge is 2.23. The molecule has 53 heavy (non-hydrogen) atoms. The molecule has 0 aromatic heterocycles. The van der Waals surface area contributed by atoms with Crippen LogP contribution < -0.4 is 5.32 Å². The third-order valence-electron chi connectivity index (χ3n) is 8.13. The van der Waals surface area contributed by atoms with E-state index in [2.05, 4.69) is 92.1 Å². The van der Waals surface area contributed by atoms with Gasteiger partial charge >= 0.3 is 13.8 Å². The van der Waals surface area contributed by atoms with Gasteiger partial charge < -0.3 is 20.1 Å². The van der Waals surface area contributed by atoms with Crippen LogP contribution in [-0.2, 0) is 27.9 Å². The second kappa shape index (κ2) is 39.2. The molecule has 0 saturated heterocycles. The van der Waals surface area contributed by atoms with Crippen molar-refractivity contribution in [3.63, 3.8) is 0 Å². The van der Waals surface area contributed by atoms with Gasteiger partial charge in [-0.1, -0.05) is 138 Å². The number of hydrogen-bond acceptors (Lipinski definition) is 7. The number of aliphatic hydroxyl groups is 1. The minimum atomic E-state index is -4.43. The highest BCUT2D eigenvalue weighted by molar-refractivity contribution is 7.47. The number of phosphoric ester groups is 1. The molecule has 0 spiro atoms. The van der Waals surface area contributed by atoms with Crippen molar-refractivity contribution >= 4 is 19.7 Å². The van der Waals surface area contributed by atoms with Gasteiger partial charge in [-0.25, -0.2) is 4.57 Å². The first kappa shape index (κ1) is 50.5. The predicted octanol–water partition coefficient (Wildman–Crippen LogP) is 11.1. The van der Waals surface area contributed by atoms with E-state index in [0.29, 0.717) is 12.8 Å². The van der Waals surface area contributed by atoms with Crippen LogP contribution in [0.5, 0.6) is 0 Å². The Kier molecular flexibility index (Phi) is 37.3. The topological polar surface area (TPSA) is 131 Å². The summed E-state index contributed by atoms with van der Waals surface area (Å²) < 4.78 is 26.8. The number of rotatable bonds is 37. The summed E-state index contributed by atoms with van der Waals surface area (Å²) in [6.45, 7) is 3.28. The standard InChI is InChI=1S/C43H74NO8P/c1-3-5-7-9-11-13-15-17-19-20-22-23-25-27-29-31-33-35-42(46)44-37-38-51-53(48,49)52-40-41(45)39-50-43(47)36-34-32-30-28-26-24-21-18-16-14-12-10-8-6-4-2/h5-8,11-14,17-19,21,41,45H,3-4,9-10,15-16,20,22-40H2,1-2H3,(H,44,46)(H,48,49)/b7-5-,8-6-,13-11-,14-12-,19-17-,21-18-. The van der Waals surface area contributed by atoms with Crippen LogP contribution in [0.15, 0.2) is 72.9 Å². The lowest BCUT2D eigenvalue weighted by Gasteiger charge is -2.15. The van der Waals surface area contributed by atoms with Crippen LogP contribution in [0.4, 0.5) is 0 Å². The highest BCUT2D eigenvalue weighted by atomic mass is 31.2. The fourth-order valence-corrected chi connectivity index (χ4v) is 5.87. The molecule has 0 radical (unpaired) electrons. The predicted molar refractivity (Wildman–Crippen MR) is 219 cm³/mol. The van der Waals surface area contributed by atoms with Crippen molar-refractivity contribution in [3.8, 4) is 0 Å². The molecule has 0 aliphatic rings. The number of ether oxygens (including phenoxy) is 1. The minimum Gasteiger partial charge on any atom is -0.463 e. The van der Waals surface area contributed by atoms with E-state index in [-0.39, 0.29) is 32.1 Å². The Morgan fingerprint density at radius 2 is 1.02 bits per heavy atom. The molecule has 304 valence electrons. The molecule has 0 aliphatic carbocycles. The summed E-state index contributed by atoms with van der Waals surface area (Å²) >= 11 is 0. The number of aliphatic hydroxyl groups excluding tert-OH is 1. The van der Waals surface area contributed by atoms with E-state index >= 15 is 0 Å². The zero-order chi connectivity index (χ0) is 38.9. The summed E-state index contributed by atoms with van der Waals surface area (Å²) in [7, 11) is -4.43. The Bertz CT molecular complexity index is 1100. The van der Waals surface area contributed by atoms with E-state index < -0.39 is 26.5 Å². The van der Waals surface area contributed by atoms with Gasteiger partial charge in [0.1, 0.15) is 12.7 Å². The number of carbonyl (C=O) groups excluding carboxylic acids is 2. The van der Waals surface area contributed by atoms with Crippen LogP contribution in [0, 0.1) is 0 Å². The molecule has 0 bridgehead atoms. The Morgan fingerprint density at radius 3 is 1.53 bits per heavy atom. The van der Waals surface area contributed by atoms with Gasteiger partial charge in [-0.05, 0) is 77.0 Å². The smallest absolute Gasteiger partial charge is 0.463 e. The number of allylic oxidation sites excluding steroid dienone is 12. The van der Waals surface area contributed by atoms with Gasteiger partial charge in [-0.2, -0.15) is 0 Å². The van der Waals surface area contributed by atoms with Crippen molar-refractivity contribution in [2.45, 2.75) is 161 Å². The second-order valence-corrected chi connectivity index (χ2v) is 14.6. The van der Waals surface area contributed by atoms with Gasteiger partial charge in [0.2, 0.25) is 5.91 Å². The van der Waals surface area contributed by atoms with E-state index in [0.717, 1.165) is 96.3 Å². The maximum atomic E-state index is 12.1. The number of unbranched alkanes of at least 4 members (excludes halogenated alkanes) is 12. The summed E-state index contributed by atoms with van der Waals surface area (Å²) in [5.74, 6) is -0.550. The van der Waals surface area contributed by atoms with Crippen LogP contribution in [0.3, 0.4) is 0 Å². The van der Waals surface area contributed by atoms with E-state index in [9.17, 15) is 24.2 Å². The third kappa shape index (κ3) is 40.5. The largest absolute Gasteiger partial charge is 0.472 e. The Balaban J connectivity index is 3.66. The normalized spacial score (nSPS) is 14.1. The molecular weight excluding hydrogens is 689 g/mol. The summed E-state index contributed by atoms with van der Waals surface area (Å²) in [5, 5.41) is 12.7. The van der Waals surface area contributed by atoms with E-state index in [1.54, 1.807) is 0 Å². The zero-order valence-corrected chi connectivity index (χ0v) is 34.1. The van der Waals surface area contributed by atoms with Gasteiger partial charge in [0.25, 0.3) is 0 Å². The van der Waals surface area contributed by atoms with Crippen molar-refractivity contribution in [3.05, 3.63) is 72.9 Å². The van der Waals surface area contributed by atoms with Crippen LogP contribution >= 0.6 is 7.82 Å². The van der Waals surface area contributed by atoms with E-state index in [1.165, 1.54) is 25.7 Å². The molecule has 2 unspecified atom stereocenters. The number of esters is 1. The van der Waals surface area contributed by atoms with Crippen LogP contribution in [0.25, 0.3) is 0 Å². The summed E-state index contributed by atoms with van der Waals surface area (Å²) in [5.41, 5.74) is 0. The van der Waals surface area contributed by atoms with Gasteiger partial charge in [-0.15, -0.1) is 0 Å². The van der Waals surface area contributed by atoms with Crippen LogP contribution in [0.2, 0.25) is 0 Å². The quantitative estimate of drug-likeness (QED) is 0.0247. The molecule has 0 saturated carbocycles. The van der Waals surface area contributed by atoms with Crippen molar-refractivity contribution in [2.75, 3.05) is 26.4 Å². The lowest BCUT2D eigenvalue weighted by Crippen LogP contribution is -2.27. The molecule has 0 aliphatic heterocycles. The maximum Gasteiger partial charge on any atom is 0.472 e. The highest BCUT2D eigenvalue weighted by Crippen LogP contribution is 2.42. The molecule has 1 amide bonds. The number of hydrogen-bond donors (Lipinski definition) is 3. The van der Waals surface area contributed by atoms with Crippen molar-refractivity contribution in [1.29, 1.82) is 0 Å². The minimum absolute atomic E-state index is 0.0699. The fourth-order valence-electron chi connectivity index (χ4n) is 5.11. The van der Waals surface area contributed by atoms with Gasteiger partial charge in [-0.3, -0.25) is 18.6 Å². The first-order valence-corrected chi connectivity index (χ1v) is 21.9. The summed E-state index contributed by atoms with van der Waals surface area (Å²) in [6, 6.07) is 0. The number of nitrogens with one attached hydrogen (secondary N) is 1. The number of carbonyl (C=O) groups is 2. The zero-order valence-electron chi connectivity index (χ0n) is 33.2. The van der Waals surface area contributed by atoms with Crippen molar-refractivity contribution in [1.82, 2.24) is 5.32 Å². The molecule has 9 nitrogen and oxygen atoms in total. The summed E-state index contributed by atoms with van der Waals surface area (Å²) in [6.07, 6.45) is 46.8. The molecule has 0 heterocycles. The number of phosphoric acid groups is 1. The Hall–Kier alpha value is -2.55. The van der Waals surface area contributed by atoms with Gasteiger partial charge in [0.15, 0.2) is 0 Å². The van der Waals surface area contributed by atoms with Crippen LogP contribution in [0.1, 0.15) is 155 Å². The van der Waals surface area contributed by atoms with E-state index in [4.69, 9.17) is 13.8 Å². The lowest BCUT2D eigenvalue weighted by atomic mass is 10.1. The average molecular weight is 764 g/mol. The second-order valence-electron chi connectivity index (χ2n) is 13.2. The maximum absolute atomic E-state index is 12.1. The molecule has 0 rings (SSSR count). The van der Waals surface area contributed by atoms with Crippen molar-refractivity contribution in [2.24, 2.45) is 0 Å². The first-order chi connectivity index (χ1) is 25.8. The van der Waals surface area contributed by atoms with Gasteiger partial charge in [0, 0.05) is 19.4 Å². The molecule has 0 aromatic rings. The SMILES string of the molecule is CC/C=C\C/C=C\C/C=C\CCCCCCCCCC(=O)NCCOP(=O)(O)OCC(O)COC(=O)CCCCCCC/C=C\C/C=C\C/C=C\CC.